The molecule has 2 aliphatic rings. The molecule has 0 atom stereocenters. The lowest BCUT2D eigenvalue weighted by Gasteiger charge is -2.35. The first-order valence-electron chi connectivity index (χ1n) is 8.02. The van der Waals surface area contributed by atoms with Crippen molar-refractivity contribution in [2.45, 2.75) is 6.42 Å². The first-order chi connectivity index (χ1) is 11.7. The number of aliphatic hydroxyl groups excluding tert-OH is 1. The van der Waals surface area contributed by atoms with Crippen LogP contribution in [-0.4, -0.2) is 76.6 Å². The third kappa shape index (κ3) is 4.13. The van der Waals surface area contributed by atoms with Crippen molar-refractivity contribution in [1.82, 2.24) is 20.2 Å². The number of fused-ring (bicyclic) bond motifs is 1. The third-order valence-electron chi connectivity index (χ3n) is 4.17. The summed E-state index contributed by atoms with van der Waals surface area (Å²) in [6, 6.07) is 1.86. The fourth-order valence-corrected chi connectivity index (χ4v) is 3.23. The predicted octanol–water partition coefficient (Wildman–Crippen LogP) is 0.739. The molecular formula is C15H21ClN6OS. The van der Waals surface area contributed by atoms with Crippen LogP contribution < -0.4 is 10.7 Å². The Hall–Kier alpha value is -1.48. The zero-order valence-electron chi connectivity index (χ0n) is 13.3. The molecule has 0 bridgehead atoms. The number of halogens is 1. The van der Waals surface area contributed by atoms with Gasteiger partial charge in [0.05, 0.1) is 23.0 Å². The van der Waals surface area contributed by atoms with Gasteiger partial charge in [-0.05, 0) is 18.3 Å². The molecule has 0 amide bonds. The van der Waals surface area contributed by atoms with Crippen molar-refractivity contribution in [3.05, 3.63) is 23.0 Å². The topological polar surface area (TPSA) is 76.0 Å². The van der Waals surface area contributed by atoms with Gasteiger partial charge >= 0.3 is 0 Å². The highest BCUT2D eigenvalue weighted by Crippen LogP contribution is 2.23. The Balaban J connectivity index is 1.60. The highest BCUT2D eigenvalue weighted by atomic mass is 35.5. The van der Waals surface area contributed by atoms with E-state index in [9.17, 15) is 0 Å². The third-order valence-corrected chi connectivity index (χ3v) is 4.72. The smallest absolute Gasteiger partial charge is 0.189 e. The van der Waals surface area contributed by atoms with Crippen LogP contribution in [0.25, 0.3) is 0 Å². The van der Waals surface area contributed by atoms with Crippen molar-refractivity contribution in [1.29, 1.82) is 0 Å². The molecule has 0 aromatic carbocycles. The quantitative estimate of drug-likeness (QED) is 0.536. The number of hydrogen-bond donors (Lipinski definition) is 3. The lowest BCUT2D eigenvalue weighted by atomic mass is 10.1. The van der Waals surface area contributed by atoms with Gasteiger partial charge in [-0.15, -0.1) is 0 Å². The lowest BCUT2D eigenvalue weighted by molar-refractivity contribution is 0.146. The Kier molecular flexibility index (Phi) is 5.83. The summed E-state index contributed by atoms with van der Waals surface area (Å²) in [6.07, 6.45) is 2.41. The summed E-state index contributed by atoms with van der Waals surface area (Å²) < 4.78 is 0. The molecule has 0 saturated carbocycles. The van der Waals surface area contributed by atoms with Crippen molar-refractivity contribution in [3.63, 3.8) is 0 Å². The summed E-state index contributed by atoms with van der Waals surface area (Å²) in [5, 5.41) is 18.0. The van der Waals surface area contributed by atoms with Crippen molar-refractivity contribution < 1.29 is 5.11 Å². The number of thiocarbonyl (C=S) groups is 1. The molecule has 1 saturated heterocycles. The fourth-order valence-electron chi connectivity index (χ4n) is 2.85. The molecule has 9 heteroatoms. The van der Waals surface area contributed by atoms with E-state index in [-0.39, 0.29) is 6.61 Å². The molecule has 24 heavy (non-hydrogen) atoms. The molecule has 0 aliphatic carbocycles. The van der Waals surface area contributed by atoms with Gasteiger partial charge in [-0.2, -0.15) is 5.10 Å². The van der Waals surface area contributed by atoms with Crippen molar-refractivity contribution in [3.8, 4) is 0 Å². The maximum atomic E-state index is 8.99. The fraction of sp³-hybridized carbons (Fsp3) is 0.533. The Morgan fingerprint density at radius 1 is 1.42 bits per heavy atom. The van der Waals surface area contributed by atoms with E-state index in [0.29, 0.717) is 16.7 Å². The molecule has 0 radical (unpaired) electrons. The van der Waals surface area contributed by atoms with Crippen LogP contribution in [0.3, 0.4) is 0 Å². The largest absolute Gasteiger partial charge is 0.395 e. The predicted molar refractivity (Wildman–Crippen MR) is 99.7 cm³/mol. The molecule has 7 nitrogen and oxygen atoms in total. The van der Waals surface area contributed by atoms with E-state index >= 15 is 0 Å². The van der Waals surface area contributed by atoms with Crippen LogP contribution in [0.15, 0.2) is 17.4 Å². The summed E-state index contributed by atoms with van der Waals surface area (Å²) in [6.45, 7) is 5.17. The van der Waals surface area contributed by atoms with Gasteiger partial charge in [-0.3, -0.25) is 15.3 Å². The number of aromatic nitrogens is 1. The van der Waals surface area contributed by atoms with Crippen LogP contribution in [0.5, 0.6) is 0 Å². The molecular weight excluding hydrogens is 348 g/mol. The van der Waals surface area contributed by atoms with E-state index in [4.69, 9.17) is 28.9 Å². The summed E-state index contributed by atoms with van der Waals surface area (Å²) in [4.78, 5) is 8.69. The SMILES string of the molecule is OCCN1CCN(C(=S)N/N=C2/CCNc3cc(Cl)cnc32)CC1. The molecule has 0 unspecified atom stereocenters. The van der Waals surface area contributed by atoms with E-state index in [2.05, 4.69) is 30.6 Å². The Morgan fingerprint density at radius 2 is 2.21 bits per heavy atom. The van der Waals surface area contributed by atoms with E-state index < -0.39 is 0 Å². The van der Waals surface area contributed by atoms with E-state index in [0.717, 1.165) is 56.2 Å². The average molecular weight is 369 g/mol. The van der Waals surface area contributed by atoms with Crippen LogP contribution in [0.1, 0.15) is 12.1 Å². The number of hydrazone groups is 1. The normalized spacial score (nSPS) is 19.8. The van der Waals surface area contributed by atoms with E-state index in [1.807, 2.05) is 6.07 Å². The first kappa shape index (κ1) is 17.3. The number of nitrogens with zero attached hydrogens (tertiary/aromatic N) is 4. The molecule has 0 spiro atoms. The molecule has 1 aromatic heterocycles. The summed E-state index contributed by atoms with van der Waals surface area (Å²) in [5.74, 6) is 0. The molecule has 3 heterocycles. The van der Waals surface area contributed by atoms with Crippen molar-refractivity contribution >= 4 is 40.3 Å². The molecule has 130 valence electrons. The van der Waals surface area contributed by atoms with E-state index in [1.165, 1.54) is 0 Å². The van der Waals surface area contributed by atoms with Crippen LogP contribution in [0.2, 0.25) is 5.02 Å². The molecule has 3 rings (SSSR count). The number of rotatable bonds is 3. The summed E-state index contributed by atoms with van der Waals surface area (Å²) >= 11 is 11.4. The van der Waals surface area contributed by atoms with E-state index in [1.54, 1.807) is 6.20 Å². The second-order valence-corrected chi connectivity index (χ2v) is 6.58. The minimum atomic E-state index is 0.195. The minimum absolute atomic E-state index is 0.195. The Bertz CT molecular complexity index is 632. The van der Waals surface area contributed by atoms with Crippen LogP contribution in [-0.2, 0) is 0 Å². The van der Waals surface area contributed by atoms with Gasteiger partial charge < -0.3 is 15.3 Å². The van der Waals surface area contributed by atoms with Gasteiger partial charge in [0.2, 0.25) is 0 Å². The zero-order valence-corrected chi connectivity index (χ0v) is 14.9. The standard InChI is InChI=1S/C15H21ClN6OS/c16-11-9-13-14(18-10-11)12(1-2-17-13)19-20-15(24)22-5-3-21(4-6-22)7-8-23/h9-10,17,23H,1-8H2,(H,20,24)/b19-12-. The highest BCUT2D eigenvalue weighted by molar-refractivity contribution is 7.80. The van der Waals surface area contributed by atoms with Crippen LogP contribution in [0.4, 0.5) is 5.69 Å². The van der Waals surface area contributed by atoms with Gasteiger partial charge in [0, 0.05) is 51.9 Å². The van der Waals surface area contributed by atoms with Crippen molar-refractivity contribution in [2.24, 2.45) is 5.10 Å². The first-order valence-corrected chi connectivity index (χ1v) is 8.80. The molecule has 1 aromatic rings. The second kappa shape index (κ2) is 8.06. The Labute approximate surface area is 151 Å². The molecule has 2 aliphatic heterocycles. The maximum absolute atomic E-state index is 8.99. The van der Waals surface area contributed by atoms with Gasteiger partial charge in [-0.1, -0.05) is 11.6 Å². The number of hydrogen-bond acceptors (Lipinski definition) is 6. The Morgan fingerprint density at radius 3 is 2.96 bits per heavy atom. The summed E-state index contributed by atoms with van der Waals surface area (Å²) in [7, 11) is 0. The number of nitrogens with one attached hydrogen (secondary N) is 2. The minimum Gasteiger partial charge on any atom is -0.395 e. The number of piperazine rings is 1. The number of β-amino-alcohol motifs (C(OH)–C–C–N with tert-alkyl or cyclic N) is 1. The monoisotopic (exact) mass is 368 g/mol. The van der Waals surface area contributed by atoms with Gasteiger partial charge in [0.25, 0.3) is 0 Å². The van der Waals surface area contributed by atoms with Crippen LogP contribution in [0, 0.1) is 0 Å². The molecule has 3 N–H and O–H groups in total. The van der Waals surface area contributed by atoms with Crippen molar-refractivity contribution in [2.75, 3.05) is 51.2 Å². The highest BCUT2D eigenvalue weighted by Gasteiger charge is 2.20. The lowest BCUT2D eigenvalue weighted by Crippen LogP contribution is -2.51. The number of anilines is 1. The van der Waals surface area contributed by atoms with Gasteiger partial charge in [0.15, 0.2) is 5.11 Å². The number of aliphatic hydroxyl groups is 1. The maximum Gasteiger partial charge on any atom is 0.189 e. The second-order valence-electron chi connectivity index (χ2n) is 5.75. The van der Waals surface area contributed by atoms with Crippen LogP contribution >= 0.6 is 23.8 Å². The molecule has 1 fully saturated rings. The summed E-state index contributed by atoms with van der Waals surface area (Å²) in [5.41, 5.74) is 5.59. The van der Waals surface area contributed by atoms with Gasteiger partial charge in [-0.25, -0.2) is 0 Å². The number of pyridine rings is 1. The average Bonchev–Trinajstić information content (AvgIpc) is 2.60. The van der Waals surface area contributed by atoms with Gasteiger partial charge in [0.1, 0.15) is 5.69 Å². The zero-order chi connectivity index (χ0) is 16.9.